The average molecular weight is 375 g/mol. The number of carbonyl (C=O) groups is 3. The number of ether oxygens (including phenoxy) is 1. The van der Waals surface area contributed by atoms with E-state index < -0.39 is 23.2 Å². The van der Waals surface area contributed by atoms with E-state index in [0.717, 1.165) is 0 Å². The molecule has 7 heteroatoms. The monoisotopic (exact) mass is 374 g/mol. The Morgan fingerprint density at radius 3 is 2.04 bits per heavy atom. The molecule has 0 saturated heterocycles. The minimum absolute atomic E-state index is 0.364. The maximum atomic E-state index is 12.5. The summed E-state index contributed by atoms with van der Waals surface area (Å²) in [6.45, 7) is 3.04. The number of nitrogens with one attached hydrogen (secondary N) is 2. The van der Waals surface area contributed by atoms with Crippen LogP contribution in [-0.2, 0) is 14.3 Å². The first-order chi connectivity index (χ1) is 12.2. The van der Waals surface area contributed by atoms with Crippen LogP contribution in [0.25, 0.3) is 0 Å². The van der Waals surface area contributed by atoms with Gasteiger partial charge in [-0.15, -0.1) is 0 Å². The van der Waals surface area contributed by atoms with Crippen LogP contribution in [0, 0.1) is 5.41 Å². The van der Waals surface area contributed by atoms with E-state index in [2.05, 4.69) is 15.4 Å². The van der Waals surface area contributed by atoms with E-state index in [9.17, 15) is 14.4 Å². The molecule has 0 aliphatic heterocycles. The summed E-state index contributed by atoms with van der Waals surface area (Å²) < 4.78 is 4.62. The first-order valence-electron chi connectivity index (χ1n) is 7.81. The van der Waals surface area contributed by atoms with E-state index in [0.29, 0.717) is 22.0 Å². The Hall–Kier alpha value is -2.86. The Kier molecular flexibility index (Phi) is 6.00. The minimum Gasteiger partial charge on any atom is -0.465 e. The highest BCUT2D eigenvalue weighted by Gasteiger charge is 2.36. The van der Waals surface area contributed by atoms with Crippen molar-refractivity contribution in [2.45, 2.75) is 13.8 Å². The van der Waals surface area contributed by atoms with Crippen molar-refractivity contribution in [3.63, 3.8) is 0 Å². The molecule has 0 radical (unpaired) electrons. The molecule has 0 atom stereocenters. The van der Waals surface area contributed by atoms with Crippen molar-refractivity contribution in [3.8, 4) is 0 Å². The van der Waals surface area contributed by atoms with E-state index >= 15 is 0 Å². The van der Waals surface area contributed by atoms with E-state index in [4.69, 9.17) is 11.6 Å². The fraction of sp³-hybridized carbons (Fsp3) is 0.211. The Bertz CT molecular complexity index is 832. The molecule has 0 unspecified atom stereocenters. The van der Waals surface area contributed by atoms with E-state index in [1.54, 1.807) is 36.4 Å². The lowest BCUT2D eigenvalue weighted by molar-refractivity contribution is -0.135. The number of anilines is 2. The molecule has 2 rings (SSSR count). The van der Waals surface area contributed by atoms with Crippen LogP contribution < -0.4 is 10.6 Å². The molecule has 0 aliphatic carbocycles. The number of methoxy groups -OCH3 is 1. The highest BCUT2D eigenvalue weighted by molar-refractivity contribution is 6.31. The third-order valence-electron chi connectivity index (χ3n) is 3.78. The van der Waals surface area contributed by atoms with Gasteiger partial charge in [0.25, 0.3) is 0 Å². The molecule has 0 spiro atoms. The molecular weight excluding hydrogens is 356 g/mol. The van der Waals surface area contributed by atoms with Crippen LogP contribution in [0.2, 0.25) is 5.02 Å². The zero-order valence-corrected chi connectivity index (χ0v) is 15.4. The normalized spacial score (nSPS) is 10.8. The summed E-state index contributed by atoms with van der Waals surface area (Å²) in [5, 5.41) is 5.82. The molecule has 0 saturated carbocycles. The predicted molar refractivity (Wildman–Crippen MR) is 100 cm³/mol. The van der Waals surface area contributed by atoms with Gasteiger partial charge in [0.1, 0.15) is 5.41 Å². The summed E-state index contributed by atoms with van der Waals surface area (Å²) >= 11 is 5.89. The predicted octanol–water partition coefficient (Wildman–Crippen LogP) is 3.73. The van der Waals surface area contributed by atoms with Gasteiger partial charge in [0, 0.05) is 16.4 Å². The van der Waals surface area contributed by atoms with Crippen molar-refractivity contribution in [1.29, 1.82) is 0 Å². The molecule has 6 nitrogen and oxygen atoms in total. The van der Waals surface area contributed by atoms with Crippen LogP contribution in [0.5, 0.6) is 0 Å². The van der Waals surface area contributed by atoms with E-state index in [-0.39, 0.29) is 0 Å². The number of halogens is 1. The molecule has 0 aliphatic rings. The van der Waals surface area contributed by atoms with Crippen molar-refractivity contribution in [2.24, 2.45) is 5.41 Å². The van der Waals surface area contributed by atoms with Crippen LogP contribution in [0.3, 0.4) is 0 Å². The smallest absolute Gasteiger partial charge is 0.337 e. The van der Waals surface area contributed by atoms with Crippen LogP contribution >= 0.6 is 11.6 Å². The molecule has 2 N–H and O–H groups in total. The summed E-state index contributed by atoms with van der Waals surface area (Å²) in [6.07, 6.45) is 0. The Morgan fingerprint density at radius 1 is 0.923 bits per heavy atom. The Labute approximate surface area is 156 Å². The third kappa shape index (κ3) is 4.61. The summed E-state index contributed by atoms with van der Waals surface area (Å²) in [4.78, 5) is 36.4. The number of benzene rings is 2. The first kappa shape index (κ1) is 19.5. The number of esters is 1. The fourth-order valence-corrected chi connectivity index (χ4v) is 2.24. The lowest BCUT2D eigenvalue weighted by Crippen LogP contribution is -2.41. The Balaban J connectivity index is 2.06. The van der Waals surface area contributed by atoms with Gasteiger partial charge in [-0.3, -0.25) is 9.59 Å². The molecule has 2 amide bonds. The molecule has 136 valence electrons. The largest absolute Gasteiger partial charge is 0.465 e. The highest BCUT2D eigenvalue weighted by atomic mass is 35.5. The fourth-order valence-electron chi connectivity index (χ4n) is 2.05. The van der Waals surface area contributed by atoms with Crippen LogP contribution in [-0.4, -0.2) is 24.9 Å². The van der Waals surface area contributed by atoms with Crippen LogP contribution in [0.4, 0.5) is 11.4 Å². The minimum atomic E-state index is -1.33. The quantitative estimate of drug-likeness (QED) is 0.617. The zero-order valence-electron chi connectivity index (χ0n) is 14.6. The molecule has 0 heterocycles. The first-order valence-corrected chi connectivity index (χ1v) is 8.18. The molecule has 0 aromatic heterocycles. The lowest BCUT2D eigenvalue weighted by atomic mass is 9.90. The SMILES string of the molecule is COC(=O)c1ccc(NC(=O)C(C)(C)C(=O)Nc2cccc(Cl)c2)cc1. The number of carbonyl (C=O) groups excluding carboxylic acids is 3. The zero-order chi connectivity index (χ0) is 19.3. The van der Waals surface area contributed by atoms with Gasteiger partial charge >= 0.3 is 5.97 Å². The van der Waals surface area contributed by atoms with Gasteiger partial charge in [0.15, 0.2) is 0 Å². The maximum Gasteiger partial charge on any atom is 0.337 e. The molecular formula is C19H19ClN2O4. The average Bonchev–Trinajstić information content (AvgIpc) is 2.61. The van der Waals surface area contributed by atoms with Crippen molar-refractivity contribution in [1.82, 2.24) is 0 Å². The number of amides is 2. The van der Waals surface area contributed by atoms with Gasteiger partial charge in [-0.05, 0) is 56.3 Å². The van der Waals surface area contributed by atoms with Gasteiger partial charge in [-0.25, -0.2) is 4.79 Å². The molecule has 0 bridgehead atoms. The molecule has 26 heavy (non-hydrogen) atoms. The summed E-state index contributed by atoms with van der Waals surface area (Å²) in [5.74, 6) is -1.42. The number of rotatable bonds is 5. The highest BCUT2D eigenvalue weighted by Crippen LogP contribution is 2.23. The van der Waals surface area contributed by atoms with Crippen molar-refractivity contribution in [3.05, 3.63) is 59.1 Å². The second-order valence-corrected chi connectivity index (χ2v) is 6.55. The van der Waals surface area contributed by atoms with Gasteiger partial charge in [-0.1, -0.05) is 17.7 Å². The molecule has 2 aromatic rings. The molecule has 0 fully saturated rings. The topological polar surface area (TPSA) is 84.5 Å². The third-order valence-corrected chi connectivity index (χ3v) is 4.02. The molecule has 2 aromatic carbocycles. The van der Waals surface area contributed by atoms with E-state index in [1.165, 1.54) is 33.1 Å². The lowest BCUT2D eigenvalue weighted by Gasteiger charge is -2.23. The Morgan fingerprint density at radius 2 is 1.50 bits per heavy atom. The van der Waals surface area contributed by atoms with E-state index in [1.807, 2.05) is 0 Å². The van der Waals surface area contributed by atoms with Gasteiger partial charge in [0.05, 0.1) is 12.7 Å². The van der Waals surface area contributed by atoms with Crippen molar-refractivity contribution >= 4 is 40.8 Å². The van der Waals surface area contributed by atoms with Crippen LogP contribution in [0.15, 0.2) is 48.5 Å². The van der Waals surface area contributed by atoms with Crippen LogP contribution in [0.1, 0.15) is 24.2 Å². The number of hydrogen-bond acceptors (Lipinski definition) is 4. The standard InChI is InChI=1S/C19H19ClN2O4/c1-19(2,18(25)22-15-6-4-5-13(20)11-15)17(24)21-14-9-7-12(8-10-14)16(23)26-3/h4-11H,1-3H3,(H,21,24)(H,22,25). The second-order valence-electron chi connectivity index (χ2n) is 6.11. The van der Waals surface area contributed by atoms with Gasteiger partial charge in [-0.2, -0.15) is 0 Å². The van der Waals surface area contributed by atoms with Crippen molar-refractivity contribution in [2.75, 3.05) is 17.7 Å². The number of hydrogen-bond donors (Lipinski definition) is 2. The summed E-state index contributed by atoms with van der Waals surface area (Å²) in [7, 11) is 1.29. The maximum absolute atomic E-state index is 12.5. The summed E-state index contributed by atoms with van der Waals surface area (Å²) in [6, 6.07) is 12.9. The second kappa shape index (κ2) is 8.01. The van der Waals surface area contributed by atoms with Crippen molar-refractivity contribution < 1.29 is 19.1 Å². The summed E-state index contributed by atoms with van der Waals surface area (Å²) in [5.41, 5.74) is 0.00382. The van der Waals surface area contributed by atoms with Gasteiger partial charge < -0.3 is 15.4 Å². The van der Waals surface area contributed by atoms with Gasteiger partial charge in [0.2, 0.25) is 11.8 Å².